The predicted octanol–water partition coefficient (Wildman–Crippen LogP) is 3.47. The highest BCUT2D eigenvalue weighted by Crippen LogP contribution is 2.33. The number of rotatable bonds is 7. The maximum atomic E-state index is 12.5. The SMILES string of the molecule is COc1cc(C=NNC(=O)CN2CCc3ccccc3C2)cc(CN2CCc3ccccc3C2)c1O. The maximum Gasteiger partial charge on any atom is 0.254 e. The van der Waals surface area contributed by atoms with Crippen LogP contribution < -0.4 is 10.2 Å². The summed E-state index contributed by atoms with van der Waals surface area (Å²) in [6.07, 6.45) is 3.54. The number of carbonyl (C=O) groups excluding carboxylic acids is 1. The fourth-order valence-electron chi connectivity index (χ4n) is 5.08. The van der Waals surface area contributed by atoms with E-state index in [1.807, 2.05) is 12.1 Å². The van der Waals surface area contributed by atoms with Crippen LogP contribution >= 0.6 is 0 Å². The number of phenolic OH excluding ortho intramolecular Hbond substituents is 1. The third-order valence-electron chi connectivity index (χ3n) is 6.98. The Kier molecular flexibility index (Phi) is 7.30. The van der Waals surface area contributed by atoms with Crippen LogP contribution in [-0.2, 0) is 37.3 Å². The largest absolute Gasteiger partial charge is 0.504 e. The van der Waals surface area contributed by atoms with Gasteiger partial charge in [0.2, 0.25) is 0 Å². The van der Waals surface area contributed by atoms with E-state index < -0.39 is 0 Å². The van der Waals surface area contributed by atoms with Gasteiger partial charge in [0.1, 0.15) is 0 Å². The molecule has 0 spiro atoms. The van der Waals surface area contributed by atoms with Crippen molar-refractivity contribution in [1.82, 2.24) is 15.2 Å². The van der Waals surface area contributed by atoms with Crippen molar-refractivity contribution in [1.29, 1.82) is 0 Å². The van der Waals surface area contributed by atoms with Crippen LogP contribution in [0.25, 0.3) is 0 Å². The average Bonchev–Trinajstić information content (AvgIpc) is 2.90. The number of amides is 1. The van der Waals surface area contributed by atoms with Crippen molar-refractivity contribution >= 4 is 12.1 Å². The molecular formula is C29H32N4O3. The second-order valence-electron chi connectivity index (χ2n) is 9.48. The predicted molar refractivity (Wildman–Crippen MR) is 140 cm³/mol. The van der Waals surface area contributed by atoms with E-state index in [1.165, 1.54) is 29.4 Å². The van der Waals surface area contributed by atoms with Crippen LogP contribution in [0, 0.1) is 0 Å². The summed E-state index contributed by atoms with van der Waals surface area (Å²) in [5.41, 5.74) is 9.52. The Morgan fingerprint density at radius 1 is 0.972 bits per heavy atom. The molecule has 7 nitrogen and oxygen atoms in total. The summed E-state index contributed by atoms with van der Waals surface area (Å²) >= 11 is 0. The molecule has 2 aliphatic rings. The summed E-state index contributed by atoms with van der Waals surface area (Å²) < 4.78 is 5.40. The fourth-order valence-corrected chi connectivity index (χ4v) is 5.08. The molecule has 2 N–H and O–H groups in total. The van der Waals surface area contributed by atoms with Crippen LogP contribution in [0.15, 0.2) is 65.8 Å². The highest BCUT2D eigenvalue weighted by Gasteiger charge is 2.20. The number of ether oxygens (including phenoxy) is 1. The molecule has 0 bridgehead atoms. The molecule has 3 aromatic carbocycles. The van der Waals surface area contributed by atoms with Gasteiger partial charge in [-0.25, -0.2) is 5.43 Å². The van der Waals surface area contributed by atoms with E-state index in [-0.39, 0.29) is 11.7 Å². The van der Waals surface area contributed by atoms with Crippen LogP contribution in [0.5, 0.6) is 11.5 Å². The highest BCUT2D eigenvalue weighted by atomic mass is 16.5. The van der Waals surface area contributed by atoms with E-state index in [9.17, 15) is 9.90 Å². The summed E-state index contributed by atoms with van der Waals surface area (Å²) in [5.74, 6) is 0.385. The smallest absolute Gasteiger partial charge is 0.254 e. The first kappa shape index (κ1) is 24.0. The zero-order chi connectivity index (χ0) is 24.9. The lowest BCUT2D eigenvalue weighted by molar-refractivity contribution is -0.122. The summed E-state index contributed by atoms with van der Waals surface area (Å²) in [4.78, 5) is 16.9. The van der Waals surface area contributed by atoms with Crippen molar-refractivity contribution in [3.05, 3.63) is 94.0 Å². The van der Waals surface area contributed by atoms with Crippen LogP contribution in [0.4, 0.5) is 0 Å². The number of benzene rings is 3. The van der Waals surface area contributed by atoms with Gasteiger partial charge in [-0.3, -0.25) is 14.6 Å². The van der Waals surface area contributed by atoms with Crippen LogP contribution in [0.3, 0.4) is 0 Å². The van der Waals surface area contributed by atoms with Gasteiger partial charge in [0.15, 0.2) is 11.5 Å². The Balaban J connectivity index is 1.21. The molecule has 0 saturated carbocycles. The number of hydrogen-bond acceptors (Lipinski definition) is 6. The minimum atomic E-state index is -0.149. The minimum Gasteiger partial charge on any atom is -0.504 e. The van der Waals surface area contributed by atoms with Gasteiger partial charge in [-0.15, -0.1) is 0 Å². The molecule has 2 heterocycles. The standard InChI is InChI=1S/C29H32N4O3/c1-36-27-15-21(14-26(29(27)35)19-32-12-10-22-6-2-4-8-24(22)17-32)16-30-31-28(34)20-33-13-11-23-7-3-5-9-25(23)18-33/h2-9,14-16,35H,10-13,17-20H2,1H3,(H,31,34). The summed E-state index contributed by atoms with van der Waals surface area (Å²) in [6, 6.07) is 20.5. The Hall–Kier alpha value is -3.68. The highest BCUT2D eigenvalue weighted by molar-refractivity contribution is 5.84. The second kappa shape index (κ2) is 10.9. The van der Waals surface area contributed by atoms with Gasteiger partial charge in [0.25, 0.3) is 5.91 Å². The van der Waals surface area contributed by atoms with Gasteiger partial charge in [0, 0.05) is 38.3 Å². The van der Waals surface area contributed by atoms with Gasteiger partial charge < -0.3 is 9.84 Å². The third kappa shape index (κ3) is 5.58. The van der Waals surface area contributed by atoms with E-state index in [2.05, 4.69) is 62.8 Å². The number of nitrogens with zero attached hydrogens (tertiary/aromatic N) is 3. The normalized spacial score (nSPS) is 15.9. The fraction of sp³-hybridized carbons (Fsp3) is 0.310. The van der Waals surface area contributed by atoms with Gasteiger partial charge in [-0.05, 0) is 52.8 Å². The monoisotopic (exact) mass is 484 g/mol. The molecule has 0 atom stereocenters. The van der Waals surface area contributed by atoms with E-state index in [4.69, 9.17) is 4.74 Å². The third-order valence-corrected chi connectivity index (χ3v) is 6.98. The molecule has 0 saturated heterocycles. The number of carbonyl (C=O) groups is 1. The molecule has 1 amide bonds. The first-order valence-electron chi connectivity index (χ1n) is 12.4. The van der Waals surface area contributed by atoms with E-state index in [1.54, 1.807) is 12.3 Å². The lowest BCUT2D eigenvalue weighted by Gasteiger charge is -2.29. The molecule has 3 aromatic rings. The Labute approximate surface area is 212 Å². The quantitative estimate of drug-likeness (QED) is 0.397. The number of aromatic hydroxyl groups is 1. The van der Waals surface area contributed by atoms with Crippen molar-refractivity contribution in [2.75, 3.05) is 26.7 Å². The van der Waals surface area contributed by atoms with Gasteiger partial charge in [0.05, 0.1) is 19.9 Å². The van der Waals surface area contributed by atoms with Gasteiger partial charge >= 0.3 is 0 Å². The van der Waals surface area contributed by atoms with Crippen molar-refractivity contribution < 1.29 is 14.6 Å². The molecule has 36 heavy (non-hydrogen) atoms. The molecule has 2 aliphatic heterocycles. The lowest BCUT2D eigenvalue weighted by atomic mass is 9.99. The number of phenols is 1. The van der Waals surface area contributed by atoms with Crippen LogP contribution in [0.1, 0.15) is 33.4 Å². The summed E-state index contributed by atoms with van der Waals surface area (Å²) in [6.45, 7) is 4.29. The molecule has 0 unspecified atom stereocenters. The lowest BCUT2D eigenvalue weighted by Crippen LogP contribution is -2.38. The topological polar surface area (TPSA) is 77.4 Å². The first-order valence-corrected chi connectivity index (χ1v) is 12.4. The Morgan fingerprint density at radius 3 is 2.25 bits per heavy atom. The first-order chi connectivity index (χ1) is 17.6. The molecular weight excluding hydrogens is 452 g/mol. The van der Waals surface area contributed by atoms with E-state index >= 15 is 0 Å². The minimum absolute atomic E-state index is 0.142. The summed E-state index contributed by atoms with van der Waals surface area (Å²) in [7, 11) is 1.54. The molecule has 7 heteroatoms. The molecule has 186 valence electrons. The second-order valence-corrected chi connectivity index (χ2v) is 9.48. The number of fused-ring (bicyclic) bond motifs is 2. The maximum absolute atomic E-state index is 12.5. The van der Waals surface area contributed by atoms with Crippen molar-refractivity contribution in [2.24, 2.45) is 5.10 Å². The molecule has 5 rings (SSSR count). The van der Waals surface area contributed by atoms with E-state index in [0.29, 0.717) is 18.8 Å². The van der Waals surface area contributed by atoms with Crippen LogP contribution in [0.2, 0.25) is 0 Å². The van der Waals surface area contributed by atoms with Gasteiger partial charge in [-0.1, -0.05) is 48.5 Å². The molecule has 0 radical (unpaired) electrons. The zero-order valence-corrected chi connectivity index (χ0v) is 20.6. The Morgan fingerprint density at radius 2 is 1.58 bits per heavy atom. The number of hydrazone groups is 1. The number of methoxy groups -OCH3 is 1. The van der Waals surface area contributed by atoms with Crippen molar-refractivity contribution in [3.8, 4) is 11.5 Å². The molecule has 0 fully saturated rings. The van der Waals surface area contributed by atoms with Crippen molar-refractivity contribution in [2.45, 2.75) is 32.5 Å². The van der Waals surface area contributed by atoms with Gasteiger partial charge in [-0.2, -0.15) is 5.10 Å². The van der Waals surface area contributed by atoms with Crippen molar-refractivity contribution in [3.63, 3.8) is 0 Å². The van der Waals surface area contributed by atoms with Crippen LogP contribution in [-0.4, -0.2) is 53.8 Å². The molecule has 0 aromatic heterocycles. The molecule has 0 aliphatic carbocycles. The number of hydrogen-bond donors (Lipinski definition) is 2. The number of nitrogens with one attached hydrogen (secondary N) is 1. The average molecular weight is 485 g/mol. The zero-order valence-electron chi connectivity index (χ0n) is 20.6. The van der Waals surface area contributed by atoms with E-state index in [0.717, 1.165) is 50.1 Å². The summed E-state index contributed by atoms with van der Waals surface area (Å²) in [5, 5.41) is 14.9. The Bertz CT molecular complexity index is 1270.